The maximum Gasteiger partial charge on any atom is 0.251 e. The number of hydrogen-bond acceptors (Lipinski definition) is 3. The molecule has 21 heavy (non-hydrogen) atoms. The molecule has 0 aliphatic heterocycles. The number of hydrogen-bond donors (Lipinski definition) is 3. The van der Waals surface area contributed by atoms with Crippen molar-refractivity contribution in [1.29, 1.82) is 0 Å². The molecule has 0 atom stereocenters. The summed E-state index contributed by atoms with van der Waals surface area (Å²) in [6.45, 7) is 1.40. The van der Waals surface area contributed by atoms with Crippen molar-refractivity contribution in [2.45, 2.75) is 6.54 Å². The van der Waals surface area contributed by atoms with E-state index in [4.69, 9.17) is 5.73 Å². The summed E-state index contributed by atoms with van der Waals surface area (Å²) < 4.78 is 13.1. The summed E-state index contributed by atoms with van der Waals surface area (Å²) in [5, 5.41) is 5.89. The van der Waals surface area contributed by atoms with Gasteiger partial charge in [-0.25, -0.2) is 4.39 Å². The Bertz CT molecular complexity index is 599. The van der Waals surface area contributed by atoms with Gasteiger partial charge in [0.1, 0.15) is 5.82 Å². The van der Waals surface area contributed by atoms with Crippen LogP contribution in [0.5, 0.6) is 0 Å². The highest BCUT2D eigenvalue weighted by Crippen LogP contribution is 2.12. The van der Waals surface area contributed by atoms with Crippen LogP contribution in [0.3, 0.4) is 0 Å². The zero-order valence-electron chi connectivity index (χ0n) is 11.6. The zero-order chi connectivity index (χ0) is 15.1. The van der Waals surface area contributed by atoms with Crippen LogP contribution in [0.15, 0.2) is 48.5 Å². The highest BCUT2D eigenvalue weighted by atomic mass is 19.1. The predicted molar refractivity (Wildman–Crippen MR) is 81.6 cm³/mol. The molecule has 0 spiro atoms. The topological polar surface area (TPSA) is 67.1 Å². The third-order valence-electron chi connectivity index (χ3n) is 2.96. The minimum absolute atomic E-state index is 0.142. The molecule has 0 bridgehead atoms. The Morgan fingerprint density at radius 2 is 1.90 bits per heavy atom. The Kier molecular flexibility index (Phi) is 5.29. The van der Waals surface area contributed by atoms with Gasteiger partial charge in [-0.2, -0.15) is 0 Å². The fourth-order valence-electron chi connectivity index (χ4n) is 1.88. The second kappa shape index (κ2) is 7.40. The van der Waals surface area contributed by atoms with Crippen LogP contribution in [0.4, 0.5) is 10.1 Å². The number of rotatable bonds is 6. The van der Waals surface area contributed by atoms with E-state index < -0.39 is 0 Å². The molecule has 5 heteroatoms. The maximum absolute atomic E-state index is 13.1. The molecule has 0 aliphatic rings. The second-order valence-corrected chi connectivity index (χ2v) is 4.61. The molecule has 2 rings (SSSR count). The minimum atomic E-state index is -0.249. The van der Waals surface area contributed by atoms with Crippen LogP contribution in [0, 0.1) is 5.82 Å². The second-order valence-electron chi connectivity index (χ2n) is 4.61. The van der Waals surface area contributed by atoms with Crippen LogP contribution < -0.4 is 16.4 Å². The van der Waals surface area contributed by atoms with Gasteiger partial charge in [-0.05, 0) is 42.0 Å². The average molecular weight is 287 g/mol. The molecular weight excluding hydrogens is 269 g/mol. The number of benzene rings is 2. The van der Waals surface area contributed by atoms with Gasteiger partial charge in [-0.3, -0.25) is 4.79 Å². The third-order valence-corrected chi connectivity index (χ3v) is 2.96. The van der Waals surface area contributed by atoms with Gasteiger partial charge in [0.05, 0.1) is 0 Å². The zero-order valence-corrected chi connectivity index (χ0v) is 11.6. The fraction of sp³-hybridized carbons (Fsp3) is 0.188. The molecule has 0 aliphatic carbocycles. The van der Waals surface area contributed by atoms with Crippen LogP contribution >= 0.6 is 0 Å². The summed E-state index contributed by atoms with van der Waals surface area (Å²) in [6.07, 6.45) is 0. The molecule has 0 aromatic heterocycles. The summed E-state index contributed by atoms with van der Waals surface area (Å²) >= 11 is 0. The van der Waals surface area contributed by atoms with Gasteiger partial charge in [0, 0.05) is 30.9 Å². The van der Waals surface area contributed by atoms with Gasteiger partial charge in [-0.1, -0.05) is 12.1 Å². The van der Waals surface area contributed by atoms with E-state index in [9.17, 15) is 9.18 Å². The first-order valence-electron chi connectivity index (χ1n) is 6.75. The molecule has 0 heterocycles. The predicted octanol–water partition coefficient (Wildman–Crippen LogP) is 2.13. The molecule has 4 N–H and O–H groups in total. The number of nitrogens with two attached hydrogens (primary N) is 1. The van der Waals surface area contributed by atoms with Crippen LogP contribution in [0.1, 0.15) is 15.9 Å². The van der Waals surface area contributed by atoms with Crippen LogP contribution in [0.25, 0.3) is 0 Å². The highest BCUT2D eigenvalue weighted by Gasteiger charge is 2.04. The summed E-state index contributed by atoms with van der Waals surface area (Å²) in [5.41, 5.74) is 7.65. The minimum Gasteiger partial charge on any atom is -0.381 e. The first kappa shape index (κ1) is 15.0. The maximum atomic E-state index is 13.1. The van der Waals surface area contributed by atoms with Crippen molar-refractivity contribution in [3.05, 3.63) is 65.5 Å². The molecule has 2 aromatic carbocycles. The molecule has 1 amide bonds. The van der Waals surface area contributed by atoms with E-state index in [2.05, 4.69) is 10.6 Å². The third kappa shape index (κ3) is 4.57. The Labute approximate surface area is 123 Å². The standard InChI is InChI=1S/C16H18FN3O/c17-14-3-1-2-12(10-14)11-20-15-6-4-13(5-7-15)16(21)19-9-8-18/h1-7,10,20H,8-9,11,18H2,(H,19,21). The lowest BCUT2D eigenvalue weighted by Gasteiger charge is -2.08. The number of halogens is 1. The van der Waals surface area contributed by atoms with Crippen molar-refractivity contribution in [2.24, 2.45) is 5.73 Å². The number of carbonyl (C=O) groups excluding carboxylic acids is 1. The average Bonchev–Trinajstić information content (AvgIpc) is 2.51. The Morgan fingerprint density at radius 1 is 1.14 bits per heavy atom. The van der Waals surface area contributed by atoms with Crippen molar-refractivity contribution in [3.8, 4) is 0 Å². The first-order valence-corrected chi connectivity index (χ1v) is 6.75. The molecular formula is C16H18FN3O. The van der Waals surface area contributed by atoms with Gasteiger partial charge < -0.3 is 16.4 Å². The monoisotopic (exact) mass is 287 g/mol. The fourth-order valence-corrected chi connectivity index (χ4v) is 1.88. The number of anilines is 1. The normalized spacial score (nSPS) is 10.2. The van der Waals surface area contributed by atoms with Gasteiger partial charge >= 0.3 is 0 Å². The summed E-state index contributed by atoms with van der Waals surface area (Å²) in [5.74, 6) is -0.390. The quantitative estimate of drug-likeness (QED) is 0.762. The smallest absolute Gasteiger partial charge is 0.251 e. The largest absolute Gasteiger partial charge is 0.381 e. The SMILES string of the molecule is NCCNC(=O)c1ccc(NCc2cccc(F)c2)cc1. The lowest BCUT2D eigenvalue weighted by molar-refractivity contribution is 0.0955. The van der Waals surface area contributed by atoms with Gasteiger partial charge in [-0.15, -0.1) is 0 Å². The van der Waals surface area contributed by atoms with Gasteiger partial charge in [0.15, 0.2) is 0 Å². The molecule has 4 nitrogen and oxygen atoms in total. The van der Waals surface area contributed by atoms with Gasteiger partial charge in [0.25, 0.3) is 5.91 Å². The molecule has 0 saturated heterocycles. The summed E-state index contributed by atoms with van der Waals surface area (Å²) in [6, 6.07) is 13.5. The lowest BCUT2D eigenvalue weighted by Crippen LogP contribution is -2.28. The van der Waals surface area contributed by atoms with E-state index in [1.807, 2.05) is 18.2 Å². The van der Waals surface area contributed by atoms with E-state index in [-0.39, 0.29) is 11.7 Å². The van der Waals surface area contributed by atoms with Crippen LogP contribution in [-0.2, 0) is 6.54 Å². The number of nitrogens with one attached hydrogen (secondary N) is 2. The molecule has 110 valence electrons. The molecule has 0 unspecified atom stereocenters. The molecule has 0 fully saturated rings. The van der Waals surface area contributed by atoms with Crippen molar-refractivity contribution in [1.82, 2.24) is 5.32 Å². The molecule has 2 aromatic rings. The van der Waals surface area contributed by atoms with E-state index >= 15 is 0 Å². The van der Waals surface area contributed by atoms with Crippen molar-refractivity contribution in [3.63, 3.8) is 0 Å². The van der Waals surface area contributed by atoms with E-state index in [1.54, 1.807) is 18.2 Å². The summed E-state index contributed by atoms with van der Waals surface area (Å²) in [4.78, 5) is 11.7. The molecule has 0 saturated carbocycles. The van der Waals surface area contributed by atoms with Crippen molar-refractivity contribution >= 4 is 11.6 Å². The number of amides is 1. The Morgan fingerprint density at radius 3 is 2.57 bits per heavy atom. The van der Waals surface area contributed by atoms with E-state index in [0.717, 1.165) is 11.3 Å². The van der Waals surface area contributed by atoms with Crippen molar-refractivity contribution < 1.29 is 9.18 Å². The lowest BCUT2D eigenvalue weighted by atomic mass is 10.1. The summed E-state index contributed by atoms with van der Waals surface area (Å²) in [7, 11) is 0. The highest BCUT2D eigenvalue weighted by molar-refractivity contribution is 5.94. The number of carbonyl (C=O) groups is 1. The van der Waals surface area contributed by atoms with Crippen LogP contribution in [-0.4, -0.2) is 19.0 Å². The van der Waals surface area contributed by atoms with Gasteiger partial charge in [0.2, 0.25) is 0 Å². The van der Waals surface area contributed by atoms with E-state index in [1.165, 1.54) is 12.1 Å². The van der Waals surface area contributed by atoms with Crippen LogP contribution in [0.2, 0.25) is 0 Å². The van der Waals surface area contributed by atoms with E-state index in [0.29, 0.717) is 25.2 Å². The Hall–Kier alpha value is -2.40. The first-order chi connectivity index (χ1) is 10.2. The molecule has 0 radical (unpaired) electrons. The Balaban J connectivity index is 1.92. The van der Waals surface area contributed by atoms with Crippen molar-refractivity contribution in [2.75, 3.05) is 18.4 Å².